The molecule has 1 aromatic carbocycles. The molecular weight excluding hydrogens is 306 g/mol. The van der Waals surface area contributed by atoms with Crippen LogP contribution in [0.4, 0.5) is 14.5 Å². The molecule has 0 saturated heterocycles. The number of nitrogen functional groups attached to an aromatic ring is 1. The largest absolute Gasteiger partial charge is 0.469 e. The Morgan fingerprint density at radius 3 is 2.33 bits per heavy atom. The molecule has 0 atom stereocenters. The molecule has 9 heteroatoms. The van der Waals surface area contributed by atoms with Crippen LogP contribution in [0.5, 0.6) is 0 Å². The summed E-state index contributed by atoms with van der Waals surface area (Å²) in [6, 6.07) is 1.47. The molecule has 0 amide bonds. The number of ether oxygens (including phenoxy) is 1. The second kappa shape index (κ2) is 6.81. The first kappa shape index (κ1) is 17.3. The van der Waals surface area contributed by atoms with E-state index in [0.29, 0.717) is 0 Å². The number of anilines is 1. The van der Waals surface area contributed by atoms with Gasteiger partial charge < -0.3 is 10.5 Å². The molecule has 2 N–H and O–H groups in total. The van der Waals surface area contributed by atoms with E-state index in [4.69, 9.17) is 5.73 Å². The number of nitrogens with zero attached hydrogens (tertiary/aromatic N) is 1. The van der Waals surface area contributed by atoms with Gasteiger partial charge in [-0.2, -0.15) is 0 Å². The summed E-state index contributed by atoms with van der Waals surface area (Å²) in [6.45, 7) is -0.0826. The van der Waals surface area contributed by atoms with Crippen molar-refractivity contribution < 1.29 is 26.7 Å². The fraction of sp³-hybridized carbons (Fsp3) is 0.417. The van der Waals surface area contributed by atoms with Gasteiger partial charge in [0.2, 0.25) is 10.0 Å². The van der Waals surface area contributed by atoms with E-state index in [1.165, 1.54) is 14.2 Å². The molecule has 6 nitrogen and oxygen atoms in total. The van der Waals surface area contributed by atoms with Gasteiger partial charge in [-0.1, -0.05) is 0 Å². The zero-order valence-corrected chi connectivity index (χ0v) is 12.4. The lowest BCUT2D eigenvalue weighted by atomic mass is 10.3. The highest BCUT2D eigenvalue weighted by Gasteiger charge is 2.28. The van der Waals surface area contributed by atoms with Crippen LogP contribution in [0.15, 0.2) is 17.0 Å². The van der Waals surface area contributed by atoms with E-state index in [2.05, 4.69) is 4.74 Å². The Bertz CT molecular complexity index is 611. The summed E-state index contributed by atoms with van der Waals surface area (Å²) in [5.74, 6) is -3.01. The van der Waals surface area contributed by atoms with E-state index in [9.17, 15) is 22.0 Å². The Kier molecular flexibility index (Phi) is 5.62. The maximum atomic E-state index is 13.7. The quantitative estimate of drug-likeness (QED) is 0.626. The van der Waals surface area contributed by atoms with Gasteiger partial charge in [0.1, 0.15) is 11.6 Å². The Hall–Kier alpha value is -1.74. The average Bonchev–Trinajstić information content (AvgIpc) is 2.36. The highest BCUT2D eigenvalue weighted by Crippen LogP contribution is 2.24. The van der Waals surface area contributed by atoms with Crippen molar-refractivity contribution >= 4 is 21.7 Å². The number of rotatable bonds is 6. The lowest BCUT2D eigenvalue weighted by Crippen LogP contribution is -2.30. The van der Waals surface area contributed by atoms with Crippen LogP contribution in [-0.4, -0.2) is 39.4 Å². The zero-order valence-electron chi connectivity index (χ0n) is 11.6. The molecule has 0 radical (unpaired) electrons. The fourth-order valence-electron chi connectivity index (χ4n) is 1.65. The van der Waals surface area contributed by atoms with E-state index in [-0.39, 0.29) is 25.1 Å². The van der Waals surface area contributed by atoms with Crippen LogP contribution in [0.1, 0.15) is 12.8 Å². The molecule has 1 aromatic rings. The summed E-state index contributed by atoms with van der Waals surface area (Å²) in [6.07, 6.45) is 0.170. The lowest BCUT2D eigenvalue weighted by molar-refractivity contribution is -0.140. The first-order valence-corrected chi connectivity index (χ1v) is 7.41. The Morgan fingerprint density at radius 1 is 1.33 bits per heavy atom. The number of sulfonamides is 1. The average molecular weight is 322 g/mol. The van der Waals surface area contributed by atoms with Gasteiger partial charge in [-0.25, -0.2) is 21.5 Å². The highest BCUT2D eigenvalue weighted by molar-refractivity contribution is 7.89. The molecule has 0 heterocycles. The van der Waals surface area contributed by atoms with Crippen LogP contribution >= 0.6 is 0 Å². The predicted molar refractivity (Wildman–Crippen MR) is 71.8 cm³/mol. The predicted octanol–water partition coefficient (Wildman–Crippen LogP) is 1.12. The summed E-state index contributed by atoms with van der Waals surface area (Å²) < 4.78 is 56.8. The van der Waals surface area contributed by atoms with Crippen molar-refractivity contribution in [1.29, 1.82) is 0 Å². The van der Waals surface area contributed by atoms with Gasteiger partial charge in [0.25, 0.3) is 0 Å². The number of carbonyl (C=O) groups is 1. The number of hydrogen-bond donors (Lipinski definition) is 1. The normalized spacial score (nSPS) is 11.7. The topological polar surface area (TPSA) is 89.7 Å². The van der Waals surface area contributed by atoms with Crippen molar-refractivity contribution in [2.24, 2.45) is 0 Å². The van der Waals surface area contributed by atoms with Crippen LogP contribution < -0.4 is 5.73 Å². The minimum absolute atomic E-state index is 0.00304. The van der Waals surface area contributed by atoms with Crippen LogP contribution in [0.2, 0.25) is 0 Å². The lowest BCUT2D eigenvalue weighted by Gasteiger charge is -2.18. The molecule has 0 aliphatic carbocycles. The molecule has 0 unspecified atom stereocenters. The van der Waals surface area contributed by atoms with Crippen molar-refractivity contribution in [2.75, 3.05) is 26.4 Å². The molecule has 0 aliphatic heterocycles. The summed E-state index contributed by atoms with van der Waals surface area (Å²) >= 11 is 0. The van der Waals surface area contributed by atoms with Gasteiger partial charge in [-0.15, -0.1) is 0 Å². The summed E-state index contributed by atoms with van der Waals surface area (Å²) in [5.41, 5.74) is 5.03. The number of benzene rings is 1. The third-order valence-corrected chi connectivity index (χ3v) is 4.68. The van der Waals surface area contributed by atoms with Gasteiger partial charge in [0, 0.05) is 25.7 Å². The molecule has 1 rings (SSSR count). The number of nitrogens with two attached hydrogens (primary N) is 1. The molecule has 0 bridgehead atoms. The number of hydrogen-bond acceptors (Lipinski definition) is 5. The smallest absolute Gasteiger partial charge is 0.305 e. The molecular formula is C12H16F2N2O4S. The van der Waals surface area contributed by atoms with Crippen molar-refractivity contribution in [3.05, 3.63) is 23.8 Å². The van der Waals surface area contributed by atoms with E-state index < -0.39 is 32.5 Å². The number of carbonyl (C=O) groups excluding carboxylic acids is 1. The second-order valence-electron chi connectivity index (χ2n) is 4.32. The molecule has 0 fully saturated rings. The zero-order chi connectivity index (χ0) is 16.2. The maximum absolute atomic E-state index is 13.7. The Balaban J connectivity index is 2.93. The highest BCUT2D eigenvalue weighted by atomic mass is 32.2. The van der Waals surface area contributed by atoms with Crippen molar-refractivity contribution in [3.63, 3.8) is 0 Å². The Labute approximate surface area is 121 Å². The standard InChI is InChI=1S/C12H16F2N2O4S/c1-16(5-3-4-11(17)20-2)21(18,19)12-9(13)6-8(15)7-10(12)14/h6-7H,3-5,15H2,1-2H3. The van der Waals surface area contributed by atoms with Crippen molar-refractivity contribution in [2.45, 2.75) is 17.7 Å². The molecule has 0 saturated carbocycles. The fourth-order valence-corrected chi connectivity index (χ4v) is 2.94. The van der Waals surface area contributed by atoms with Gasteiger partial charge in [-0.05, 0) is 18.6 Å². The summed E-state index contributed by atoms with van der Waals surface area (Å²) in [5, 5.41) is 0. The van der Waals surface area contributed by atoms with E-state index >= 15 is 0 Å². The van der Waals surface area contributed by atoms with Crippen LogP contribution in [0.25, 0.3) is 0 Å². The van der Waals surface area contributed by atoms with E-state index in [1.54, 1.807) is 0 Å². The minimum Gasteiger partial charge on any atom is -0.469 e. The van der Waals surface area contributed by atoms with Crippen LogP contribution in [-0.2, 0) is 19.6 Å². The van der Waals surface area contributed by atoms with Crippen molar-refractivity contribution in [1.82, 2.24) is 4.31 Å². The van der Waals surface area contributed by atoms with E-state index in [0.717, 1.165) is 16.4 Å². The number of halogens is 2. The third kappa shape index (κ3) is 4.11. The molecule has 0 aromatic heterocycles. The van der Waals surface area contributed by atoms with Crippen molar-refractivity contribution in [3.8, 4) is 0 Å². The first-order chi connectivity index (χ1) is 9.70. The number of methoxy groups -OCH3 is 1. The monoisotopic (exact) mass is 322 g/mol. The molecule has 0 spiro atoms. The van der Waals surface area contributed by atoms with E-state index in [1.807, 2.05) is 0 Å². The molecule has 118 valence electrons. The van der Waals surface area contributed by atoms with Gasteiger partial charge in [-0.3, -0.25) is 4.79 Å². The van der Waals surface area contributed by atoms with Crippen LogP contribution in [0, 0.1) is 11.6 Å². The maximum Gasteiger partial charge on any atom is 0.305 e. The van der Waals surface area contributed by atoms with Gasteiger partial charge in [0.05, 0.1) is 7.11 Å². The molecule has 0 aliphatic rings. The second-order valence-corrected chi connectivity index (χ2v) is 6.30. The first-order valence-electron chi connectivity index (χ1n) is 5.97. The van der Waals surface area contributed by atoms with Gasteiger partial charge >= 0.3 is 5.97 Å². The Morgan fingerprint density at radius 2 is 1.86 bits per heavy atom. The SMILES string of the molecule is COC(=O)CCCN(C)S(=O)(=O)c1c(F)cc(N)cc1F. The minimum atomic E-state index is -4.35. The summed E-state index contributed by atoms with van der Waals surface area (Å²) in [7, 11) is -1.97. The number of esters is 1. The van der Waals surface area contributed by atoms with Gasteiger partial charge in [0.15, 0.2) is 4.90 Å². The van der Waals surface area contributed by atoms with Crippen LogP contribution in [0.3, 0.4) is 0 Å². The summed E-state index contributed by atoms with van der Waals surface area (Å²) in [4.78, 5) is 9.88. The third-order valence-electron chi connectivity index (χ3n) is 2.77. The molecule has 21 heavy (non-hydrogen) atoms.